The summed E-state index contributed by atoms with van der Waals surface area (Å²) >= 11 is 6.17. The van der Waals surface area contributed by atoms with E-state index >= 15 is 0 Å². The molecule has 0 unspecified atom stereocenters. The van der Waals surface area contributed by atoms with E-state index in [0.717, 1.165) is 33.4 Å². The van der Waals surface area contributed by atoms with E-state index in [9.17, 15) is 14.6 Å². The zero-order valence-electron chi connectivity index (χ0n) is 23.5. The van der Waals surface area contributed by atoms with E-state index in [-0.39, 0.29) is 31.3 Å². The maximum absolute atomic E-state index is 13.1. The molecule has 1 atom stereocenters. The zero-order valence-corrected chi connectivity index (χ0v) is 24.3. The molecule has 11 nitrogen and oxygen atoms in total. The van der Waals surface area contributed by atoms with Crippen LogP contribution in [0, 0.1) is 6.92 Å². The topological polar surface area (TPSA) is 140 Å². The van der Waals surface area contributed by atoms with Gasteiger partial charge < -0.3 is 25.0 Å². The summed E-state index contributed by atoms with van der Waals surface area (Å²) in [7, 11) is 0.686. The van der Waals surface area contributed by atoms with Crippen molar-refractivity contribution in [2.45, 2.75) is 32.5 Å². The average Bonchev–Trinajstić information content (AvgIpc) is 3.55. The number of amides is 2. The van der Waals surface area contributed by atoms with Gasteiger partial charge in [-0.15, -0.1) is 10.2 Å². The van der Waals surface area contributed by atoms with Gasteiger partial charge in [0.2, 0.25) is 11.8 Å². The minimum atomic E-state index is -0.913. The van der Waals surface area contributed by atoms with Crippen LogP contribution < -0.4 is 20.8 Å². The number of ether oxygens (including phenoxy) is 1. The number of nitrogens with zero attached hydrogens (tertiary/aromatic N) is 4. The van der Waals surface area contributed by atoms with Crippen molar-refractivity contribution in [3.05, 3.63) is 99.6 Å². The van der Waals surface area contributed by atoms with Crippen molar-refractivity contribution >= 4 is 41.7 Å². The molecule has 0 aliphatic carbocycles. The van der Waals surface area contributed by atoms with Gasteiger partial charge in [-0.3, -0.25) is 19.1 Å². The second-order valence-electron chi connectivity index (χ2n) is 10.3. The van der Waals surface area contributed by atoms with Crippen molar-refractivity contribution in [2.24, 2.45) is 4.99 Å². The number of nitrogens with one attached hydrogen (secondary N) is 2. The number of aryl methyl sites for hydroxylation is 1. The summed E-state index contributed by atoms with van der Waals surface area (Å²) in [5.41, 5.74) is 5.55. The molecule has 2 aliphatic heterocycles. The summed E-state index contributed by atoms with van der Waals surface area (Å²) in [5.74, 6) is 1.11. The number of methoxy groups -OCH3 is 1. The Morgan fingerprint density at radius 2 is 1.91 bits per heavy atom. The molecule has 43 heavy (non-hydrogen) atoms. The van der Waals surface area contributed by atoms with Gasteiger partial charge in [-0.2, -0.15) is 0 Å². The Bertz CT molecular complexity index is 1740. The highest BCUT2D eigenvalue weighted by atomic mass is 35.5. The maximum Gasteiger partial charge on any atom is 0.491 e. The van der Waals surface area contributed by atoms with Crippen LogP contribution in [0.5, 0.6) is 5.75 Å². The predicted octanol–water partition coefficient (Wildman–Crippen LogP) is 2.17. The van der Waals surface area contributed by atoms with Gasteiger partial charge >= 0.3 is 7.12 Å². The molecule has 2 amide bonds. The molecule has 0 radical (unpaired) electrons. The number of carbonyl (C=O) groups excluding carboxylic acids is 2. The van der Waals surface area contributed by atoms with Crippen LogP contribution in [0.3, 0.4) is 0 Å². The molecule has 218 valence electrons. The second kappa shape index (κ2) is 12.0. The van der Waals surface area contributed by atoms with Crippen molar-refractivity contribution in [1.82, 2.24) is 25.4 Å². The SMILES string of the molecule is COc1ccc2c(c1)C(c1ccc(Cl)cc1)=N[C@@H](CC(=O)NCC(=O)NCc1ccc3c(c1)COB3O)c1nnc(C)n1-2. The van der Waals surface area contributed by atoms with Crippen molar-refractivity contribution in [3.8, 4) is 11.4 Å². The van der Waals surface area contributed by atoms with E-state index in [4.69, 9.17) is 26.0 Å². The number of aromatic nitrogens is 3. The normalized spacial score (nSPS) is 15.1. The van der Waals surface area contributed by atoms with E-state index in [1.165, 1.54) is 0 Å². The Kier molecular flexibility index (Phi) is 7.98. The fraction of sp³-hybridized carbons (Fsp3) is 0.233. The Morgan fingerprint density at radius 3 is 2.70 bits per heavy atom. The molecule has 1 aromatic heterocycles. The third-order valence-corrected chi connectivity index (χ3v) is 7.69. The summed E-state index contributed by atoms with van der Waals surface area (Å²) in [4.78, 5) is 30.7. The molecule has 0 saturated carbocycles. The number of aliphatic imine (C=N–C) groups is 1. The number of rotatable bonds is 8. The Labute approximate surface area is 253 Å². The van der Waals surface area contributed by atoms with E-state index in [1.807, 2.05) is 54.0 Å². The lowest BCUT2D eigenvalue weighted by Gasteiger charge is -2.14. The molecule has 0 saturated heterocycles. The van der Waals surface area contributed by atoms with Gasteiger partial charge in [0.05, 0.1) is 38.1 Å². The van der Waals surface area contributed by atoms with Crippen LogP contribution in [-0.2, 0) is 27.4 Å². The molecule has 4 aromatic rings. The second-order valence-corrected chi connectivity index (χ2v) is 10.7. The summed E-state index contributed by atoms with van der Waals surface area (Å²) in [6.07, 6.45) is -0.0548. The molecule has 3 N–H and O–H groups in total. The van der Waals surface area contributed by atoms with Gasteiger partial charge in [0.15, 0.2) is 5.82 Å². The summed E-state index contributed by atoms with van der Waals surface area (Å²) in [6, 6.07) is 17.8. The largest absolute Gasteiger partial charge is 0.497 e. The van der Waals surface area contributed by atoms with Crippen LogP contribution in [0.1, 0.15) is 46.4 Å². The van der Waals surface area contributed by atoms with Crippen LogP contribution in [-0.4, -0.2) is 58.1 Å². The number of hydrogen-bond donors (Lipinski definition) is 3. The zero-order chi connectivity index (χ0) is 30.1. The minimum absolute atomic E-state index is 0.0548. The van der Waals surface area contributed by atoms with Crippen LogP contribution >= 0.6 is 11.6 Å². The predicted molar refractivity (Wildman–Crippen MR) is 161 cm³/mol. The van der Waals surface area contributed by atoms with Gasteiger partial charge in [0, 0.05) is 22.7 Å². The minimum Gasteiger partial charge on any atom is -0.497 e. The third kappa shape index (κ3) is 5.89. The lowest BCUT2D eigenvalue weighted by molar-refractivity contribution is -0.126. The fourth-order valence-corrected chi connectivity index (χ4v) is 5.39. The van der Waals surface area contributed by atoms with E-state index in [0.29, 0.717) is 34.7 Å². The van der Waals surface area contributed by atoms with E-state index < -0.39 is 13.2 Å². The Morgan fingerprint density at radius 1 is 1.09 bits per heavy atom. The smallest absolute Gasteiger partial charge is 0.491 e. The molecule has 3 aromatic carbocycles. The standard InChI is InChI=1S/C30H28BClN6O5/c1-17-36-37-30-25(13-27(39)34-15-28(40)33-14-18-3-9-24-20(11-18)16-43-31(24)41)35-29(19-4-6-21(32)7-5-19)23-12-22(42-2)8-10-26(23)38(17)30/h3-12,25,41H,13-16H2,1-2H3,(H,33,40)(H,34,39)/t25-/m0/s1. The van der Waals surface area contributed by atoms with E-state index in [2.05, 4.69) is 20.8 Å². The van der Waals surface area contributed by atoms with Crippen LogP contribution in [0.25, 0.3) is 5.69 Å². The van der Waals surface area contributed by atoms with Gasteiger partial charge in [0.1, 0.15) is 17.6 Å². The van der Waals surface area contributed by atoms with Crippen LogP contribution in [0.15, 0.2) is 65.7 Å². The van der Waals surface area contributed by atoms with Crippen molar-refractivity contribution in [2.75, 3.05) is 13.7 Å². The van der Waals surface area contributed by atoms with Crippen molar-refractivity contribution in [1.29, 1.82) is 0 Å². The molecule has 0 fully saturated rings. The highest BCUT2D eigenvalue weighted by Crippen LogP contribution is 2.34. The quantitative estimate of drug-likeness (QED) is 0.264. The van der Waals surface area contributed by atoms with Crippen molar-refractivity contribution < 1.29 is 24.0 Å². The fourth-order valence-electron chi connectivity index (χ4n) is 5.26. The van der Waals surface area contributed by atoms with Gasteiger partial charge in [-0.25, -0.2) is 0 Å². The molecule has 3 heterocycles. The van der Waals surface area contributed by atoms with Crippen LogP contribution in [0.4, 0.5) is 0 Å². The number of benzene rings is 3. The molecular weight excluding hydrogens is 571 g/mol. The number of carbonyl (C=O) groups is 2. The average molecular weight is 599 g/mol. The number of halogens is 1. The summed E-state index contributed by atoms with van der Waals surface area (Å²) in [6.45, 7) is 2.24. The van der Waals surface area contributed by atoms with E-state index in [1.54, 1.807) is 25.3 Å². The number of fused-ring (bicyclic) bond motifs is 4. The first kappa shape index (κ1) is 28.6. The molecular formula is C30H28BClN6O5. The van der Waals surface area contributed by atoms with Crippen molar-refractivity contribution in [3.63, 3.8) is 0 Å². The third-order valence-electron chi connectivity index (χ3n) is 7.43. The van der Waals surface area contributed by atoms with Gasteiger partial charge in [0.25, 0.3) is 0 Å². The molecule has 13 heteroatoms. The monoisotopic (exact) mass is 598 g/mol. The van der Waals surface area contributed by atoms with Crippen LogP contribution in [0.2, 0.25) is 5.02 Å². The molecule has 6 rings (SSSR count). The summed E-state index contributed by atoms with van der Waals surface area (Å²) in [5, 5.41) is 24.6. The lowest BCUT2D eigenvalue weighted by atomic mass is 9.79. The lowest BCUT2D eigenvalue weighted by Crippen LogP contribution is -2.37. The molecule has 2 aliphatic rings. The Balaban J connectivity index is 1.19. The number of hydrogen-bond acceptors (Lipinski definition) is 8. The molecule has 0 spiro atoms. The molecule has 0 bridgehead atoms. The first-order valence-electron chi connectivity index (χ1n) is 13.7. The Hall–Kier alpha value is -4.52. The van der Waals surface area contributed by atoms with Gasteiger partial charge in [-0.1, -0.05) is 41.9 Å². The highest BCUT2D eigenvalue weighted by molar-refractivity contribution is 6.61. The van der Waals surface area contributed by atoms with Gasteiger partial charge in [-0.05, 0) is 53.8 Å². The first-order valence-corrected chi connectivity index (χ1v) is 14.1. The summed E-state index contributed by atoms with van der Waals surface area (Å²) < 4.78 is 12.6. The first-order chi connectivity index (χ1) is 20.8. The highest BCUT2D eigenvalue weighted by Gasteiger charge is 2.30. The maximum atomic E-state index is 13.1.